The molecule has 3 N–H and O–H groups in total. The molecule has 21 heavy (non-hydrogen) atoms. The highest BCUT2D eigenvalue weighted by Crippen LogP contribution is 2.21. The van der Waals surface area contributed by atoms with Gasteiger partial charge in [0.15, 0.2) is 0 Å². The van der Waals surface area contributed by atoms with E-state index >= 15 is 0 Å². The first-order valence-corrected chi connectivity index (χ1v) is 8.31. The van der Waals surface area contributed by atoms with Crippen LogP contribution in [0.2, 0.25) is 0 Å². The molecule has 1 unspecified atom stereocenters. The third kappa shape index (κ3) is 3.80. The molecule has 0 saturated carbocycles. The molecule has 0 spiro atoms. The molecule has 0 fully saturated rings. The van der Waals surface area contributed by atoms with Gasteiger partial charge in [-0.25, -0.2) is 0 Å². The average molecular weight is 306 g/mol. The number of benzene rings is 1. The smallest absolute Gasteiger partial charge is 0.267 e. The normalized spacial score (nSPS) is 14.1. The third-order valence-electron chi connectivity index (χ3n) is 3.42. The van der Waals surface area contributed by atoms with E-state index in [2.05, 4.69) is 16.4 Å². The zero-order valence-electron chi connectivity index (χ0n) is 12.9. The van der Waals surface area contributed by atoms with Crippen LogP contribution >= 0.6 is 11.8 Å². The highest BCUT2D eigenvalue weighted by atomic mass is 32.2. The van der Waals surface area contributed by atoms with Gasteiger partial charge in [-0.2, -0.15) is 11.8 Å². The van der Waals surface area contributed by atoms with Crippen molar-refractivity contribution < 1.29 is 9.90 Å². The Morgan fingerprint density at radius 2 is 2.10 bits per heavy atom. The van der Waals surface area contributed by atoms with Crippen molar-refractivity contribution in [2.75, 3.05) is 18.6 Å². The number of hydrogen-bond acceptors (Lipinski definition) is 3. The van der Waals surface area contributed by atoms with Crippen molar-refractivity contribution in [2.24, 2.45) is 0 Å². The Bertz CT molecular complexity index is 662. The summed E-state index contributed by atoms with van der Waals surface area (Å²) in [5.74, 6) is 0.391. The number of hydrogen-bond donors (Lipinski definition) is 3. The number of nitrogens with one attached hydrogen (secondary N) is 2. The zero-order chi connectivity index (χ0) is 15.6. The second kappa shape index (κ2) is 6.12. The number of aromatic amines is 1. The fourth-order valence-electron chi connectivity index (χ4n) is 2.45. The van der Waals surface area contributed by atoms with Crippen LogP contribution in [0.25, 0.3) is 10.9 Å². The minimum Gasteiger partial charge on any atom is -0.387 e. The summed E-state index contributed by atoms with van der Waals surface area (Å²) in [7, 11) is 0. The largest absolute Gasteiger partial charge is 0.387 e. The summed E-state index contributed by atoms with van der Waals surface area (Å²) < 4.78 is 0. The average Bonchev–Trinajstić information content (AvgIpc) is 2.80. The Balaban J connectivity index is 2.15. The van der Waals surface area contributed by atoms with Crippen LogP contribution in [0.3, 0.4) is 0 Å². The number of carbonyl (C=O) groups is 1. The lowest BCUT2D eigenvalue weighted by molar-refractivity contribution is 0.0723. The first kappa shape index (κ1) is 15.9. The molecular formula is C16H22N2O2S. The van der Waals surface area contributed by atoms with Crippen molar-refractivity contribution in [3.63, 3.8) is 0 Å². The van der Waals surface area contributed by atoms with Gasteiger partial charge in [0.1, 0.15) is 5.69 Å². The molecule has 5 heteroatoms. The maximum atomic E-state index is 12.2. The molecule has 2 aromatic rings. The van der Waals surface area contributed by atoms with Crippen molar-refractivity contribution in [3.05, 3.63) is 35.0 Å². The molecule has 0 bridgehead atoms. The van der Waals surface area contributed by atoms with Gasteiger partial charge in [0.2, 0.25) is 0 Å². The van der Waals surface area contributed by atoms with Crippen LogP contribution in [0.15, 0.2) is 18.2 Å². The molecule has 0 aliphatic rings. The van der Waals surface area contributed by atoms with E-state index in [1.165, 1.54) is 0 Å². The molecule has 114 valence electrons. The van der Waals surface area contributed by atoms with E-state index in [9.17, 15) is 9.90 Å². The van der Waals surface area contributed by atoms with Crippen LogP contribution in [-0.4, -0.2) is 40.2 Å². The molecule has 1 aromatic heterocycles. The second-order valence-corrected chi connectivity index (χ2v) is 6.70. The van der Waals surface area contributed by atoms with Crippen LogP contribution in [0.4, 0.5) is 0 Å². The van der Waals surface area contributed by atoms with Crippen LogP contribution in [0.5, 0.6) is 0 Å². The first-order valence-electron chi connectivity index (χ1n) is 6.92. The number of fused-ring (bicyclic) bond motifs is 1. The van der Waals surface area contributed by atoms with Crippen LogP contribution in [0.1, 0.15) is 28.5 Å². The van der Waals surface area contributed by atoms with Gasteiger partial charge in [0, 0.05) is 23.2 Å². The lowest BCUT2D eigenvalue weighted by Crippen LogP contribution is -2.42. The minimum atomic E-state index is -0.895. The van der Waals surface area contributed by atoms with Gasteiger partial charge in [0.25, 0.3) is 5.91 Å². The zero-order valence-corrected chi connectivity index (χ0v) is 13.7. The Morgan fingerprint density at radius 3 is 2.76 bits per heavy atom. The fourth-order valence-corrected chi connectivity index (χ4v) is 3.17. The Morgan fingerprint density at radius 1 is 1.38 bits per heavy atom. The number of amides is 1. The first-order chi connectivity index (χ1) is 9.82. The summed E-state index contributed by atoms with van der Waals surface area (Å²) in [6, 6.07) is 5.99. The molecule has 0 saturated heterocycles. The Labute approximate surface area is 129 Å². The minimum absolute atomic E-state index is 0.190. The monoisotopic (exact) mass is 306 g/mol. The lowest BCUT2D eigenvalue weighted by Gasteiger charge is -2.22. The molecular weight excluding hydrogens is 284 g/mol. The van der Waals surface area contributed by atoms with Gasteiger partial charge >= 0.3 is 0 Å². The summed E-state index contributed by atoms with van der Waals surface area (Å²) in [5, 5.41) is 13.9. The van der Waals surface area contributed by atoms with Crippen LogP contribution in [-0.2, 0) is 0 Å². The maximum Gasteiger partial charge on any atom is 0.267 e. The van der Waals surface area contributed by atoms with Gasteiger partial charge in [-0.1, -0.05) is 6.07 Å². The van der Waals surface area contributed by atoms with Crippen molar-refractivity contribution in [3.8, 4) is 0 Å². The van der Waals surface area contributed by atoms with E-state index in [4.69, 9.17) is 0 Å². The second-order valence-electron chi connectivity index (χ2n) is 5.84. The topological polar surface area (TPSA) is 65.1 Å². The number of aliphatic hydroxyl groups is 1. The molecule has 2 rings (SSSR count). The SMILES string of the molecule is CSCC(C)(O)CNC(=O)c1cc2c(C)cc(C)cc2[nH]1. The van der Waals surface area contributed by atoms with E-state index in [1.54, 1.807) is 18.7 Å². The van der Waals surface area contributed by atoms with E-state index in [-0.39, 0.29) is 12.5 Å². The number of rotatable bonds is 5. The fraction of sp³-hybridized carbons (Fsp3) is 0.438. The van der Waals surface area contributed by atoms with E-state index < -0.39 is 5.60 Å². The molecule has 1 heterocycles. The predicted molar refractivity (Wildman–Crippen MR) is 89.1 cm³/mol. The molecule has 4 nitrogen and oxygen atoms in total. The molecule has 0 aliphatic heterocycles. The summed E-state index contributed by atoms with van der Waals surface area (Å²) in [4.78, 5) is 15.3. The van der Waals surface area contributed by atoms with E-state index in [0.29, 0.717) is 11.4 Å². The quantitative estimate of drug-likeness (QED) is 0.795. The molecule has 0 radical (unpaired) electrons. The van der Waals surface area contributed by atoms with Gasteiger partial charge in [-0.15, -0.1) is 0 Å². The van der Waals surface area contributed by atoms with E-state index in [1.807, 2.05) is 32.2 Å². The summed E-state index contributed by atoms with van der Waals surface area (Å²) in [6.07, 6.45) is 1.93. The molecule has 1 atom stereocenters. The number of H-pyrrole nitrogens is 1. The molecule has 0 aliphatic carbocycles. The van der Waals surface area contributed by atoms with Crippen LogP contribution < -0.4 is 5.32 Å². The Hall–Kier alpha value is -1.46. The van der Waals surface area contributed by atoms with Gasteiger partial charge in [-0.05, 0) is 50.3 Å². The summed E-state index contributed by atoms with van der Waals surface area (Å²) in [6.45, 7) is 6.03. The van der Waals surface area contributed by atoms with Gasteiger partial charge in [0.05, 0.1) is 5.60 Å². The third-order valence-corrected chi connectivity index (χ3v) is 4.33. The van der Waals surface area contributed by atoms with Crippen LogP contribution in [0, 0.1) is 13.8 Å². The maximum absolute atomic E-state index is 12.2. The highest BCUT2D eigenvalue weighted by molar-refractivity contribution is 7.98. The van der Waals surface area contributed by atoms with Crippen molar-refractivity contribution in [2.45, 2.75) is 26.4 Å². The number of carbonyl (C=O) groups excluding carboxylic acids is 1. The molecule has 1 aromatic carbocycles. The Kier molecular flexibility index (Phi) is 4.64. The highest BCUT2D eigenvalue weighted by Gasteiger charge is 2.21. The number of thioether (sulfide) groups is 1. The standard InChI is InChI=1S/C16H22N2O2S/c1-10-5-11(2)12-7-14(18-13(12)6-10)15(19)17-8-16(3,20)9-21-4/h5-7,18,20H,8-9H2,1-4H3,(H,17,19). The van der Waals surface area contributed by atoms with Crippen molar-refractivity contribution in [1.82, 2.24) is 10.3 Å². The van der Waals surface area contributed by atoms with Crippen molar-refractivity contribution in [1.29, 1.82) is 0 Å². The number of aromatic nitrogens is 1. The van der Waals surface area contributed by atoms with Gasteiger partial charge in [-0.3, -0.25) is 4.79 Å². The van der Waals surface area contributed by atoms with Crippen molar-refractivity contribution >= 4 is 28.6 Å². The van der Waals surface area contributed by atoms with E-state index in [0.717, 1.165) is 22.0 Å². The molecule has 1 amide bonds. The predicted octanol–water partition coefficient (Wildman–Crippen LogP) is 2.63. The summed E-state index contributed by atoms with van der Waals surface area (Å²) >= 11 is 1.55. The van der Waals surface area contributed by atoms with Gasteiger partial charge < -0.3 is 15.4 Å². The summed E-state index contributed by atoms with van der Waals surface area (Å²) in [5.41, 5.74) is 2.91. The lowest BCUT2D eigenvalue weighted by atomic mass is 10.1. The number of aryl methyl sites for hydroxylation is 2.